The molecule has 0 spiro atoms. The normalized spacial score (nSPS) is 13.0. The second-order valence-electron chi connectivity index (χ2n) is 4.63. The van der Waals surface area contributed by atoms with Gasteiger partial charge in [0, 0.05) is 14.2 Å². The lowest BCUT2D eigenvalue weighted by molar-refractivity contribution is -0.122. The van der Waals surface area contributed by atoms with Crippen molar-refractivity contribution >= 4 is 0 Å². The summed E-state index contributed by atoms with van der Waals surface area (Å²) in [5.41, 5.74) is 3.96. The summed E-state index contributed by atoms with van der Waals surface area (Å²) < 4.78 is 10.7. The number of likely N-dealkylation sites (N-methyl/N-ethyl adjacent to an activating group) is 1. The molecule has 1 rings (SSSR count). The third-order valence-corrected chi connectivity index (χ3v) is 3.29. The van der Waals surface area contributed by atoms with E-state index in [4.69, 9.17) is 9.47 Å². The van der Waals surface area contributed by atoms with Gasteiger partial charge in [0.1, 0.15) is 0 Å². The summed E-state index contributed by atoms with van der Waals surface area (Å²) in [5.74, 6) is 0. The molecule has 18 heavy (non-hydrogen) atoms. The highest BCUT2D eigenvalue weighted by Crippen LogP contribution is 2.14. The molecule has 0 aliphatic heterocycles. The van der Waals surface area contributed by atoms with Gasteiger partial charge in [-0.1, -0.05) is 25.1 Å². The fourth-order valence-electron chi connectivity index (χ4n) is 2.14. The first kappa shape index (κ1) is 15.2. The predicted octanol–water partition coefficient (Wildman–Crippen LogP) is 2.44. The topological polar surface area (TPSA) is 30.5 Å². The number of aryl methyl sites for hydroxylation is 2. The number of benzene rings is 1. The third-order valence-electron chi connectivity index (χ3n) is 3.29. The van der Waals surface area contributed by atoms with Gasteiger partial charge >= 0.3 is 0 Å². The lowest BCUT2D eigenvalue weighted by atomic mass is 10.0. The van der Waals surface area contributed by atoms with E-state index >= 15 is 0 Å². The summed E-state index contributed by atoms with van der Waals surface area (Å²) in [6.07, 6.45) is 0.688. The zero-order chi connectivity index (χ0) is 13.5. The molecular weight excluding hydrogens is 226 g/mol. The highest BCUT2D eigenvalue weighted by molar-refractivity contribution is 5.30. The smallest absolute Gasteiger partial charge is 0.172 e. The average Bonchev–Trinajstić information content (AvgIpc) is 2.35. The maximum atomic E-state index is 5.36. The van der Waals surface area contributed by atoms with E-state index in [0.29, 0.717) is 0 Å². The van der Waals surface area contributed by atoms with Gasteiger partial charge in [-0.15, -0.1) is 0 Å². The van der Waals surface area contributed by atoms with E-state index in [0.717, 1.165) is 13.0 Å². The number of ether oxygens (including phenoxy) is 2. The molecule has 102 valence electrons. The van der Waals surface area contributed by atoms with Crippen molar-refractivity contribution in [2.45, 2.75) is 39.5 Å². The Hall–Kier alpha value is -0.900. The molecule has 0 amide bonds. The van der Waals surface area contributed by atoms with Crippen LogP contribution in [0.2, 0.25) is 0 Å². The van der Waals surface area contributed by atoms with E-state index < -0.39 is 0 Å². The van der Waals surface area contributed by atoms with Crippen LogP contribution in [0.1, 0.15) is 23.6 Å². The van der Waals surface area contributed by atoms with Gasteiger partial charge in [0.15, 0.2) is 6.29 Å². The van der Waals surface area contributed by atoms with Crippen molar-refractivity contribution in [3.8, 4) is 0 Å². The molecule has 0 bridgehead atoms. The van der Waals surface area contributed by atoms with E-state index in [2.05, 4.69) is 44.3 Å². The quantitative estimate of drug-likeness (QED) is 0.755. The van der Waals surface area contributed by atoms with E-state index in [1.54, 1.807) is 14.2 Å². The Bertz CT molecular complexity index is 362. The Morgan fingerprint density at radius 2 is 1.78 bits per heavy atom. The van der Waals surface area contributed by atoms with Crippen molar-refractivity contribution in [1.29, 1.82) is 0 Å². The standard InChI is InChI=1S/C15H25NO2/c1-6-16-14(15(17-4)18-5)10-13-8-7-11(2)12(3)9-13/h7-9,14-16H,6,10H2,1-5H3. The second-order valence-corrected chi connectivity index (χ2v) is 4.63. The highest BCUT2D eigenvalue weighted by Gasteiger charge is 2.20. The molecule has 0 aromatic heterocycles. The molecule has 1 unspecified atom stereocenters. The van der Waals surface area contributed by atoms with Gasteiger partial charge in [0.25, 0.3) is 0 Å². The van der Waals surface area contributed by atoms with Crippen LogP contribution in [0.5, 0.6) is 0 Å². The molecule has 1 atom stereocenters. The Morgan fingerprint density at radius 3 is 2.28 bits per heavy atom. The fourth-order valence-corrected chi connectivity index (χ4v) is 2.14. The van der Waals surface area contributed by atoms with Crippen LogP contribution in [0.25, 0.3) is 0 Å². The zero-order valence-electron chi connectivity index (χ0n) is 12.1. The van der Waals surface area contributed by atoms with Crippen LogP contribution in [0, 0.1) is 13.8 Å². The average molecular weight is 251 g/mol. The number of nitrogens with one attached hydrogen (secondary N) is 1. The van der Waals surface area contributed by atoms with E-state index in [1.165, 1.54) is 16.7 Å². The van der Waals surface area contributed by atoms with Crippen LogP contribution in [0.3, 0.4) is 0 Å². The lowest BCUT2D eigenvalue weighted by Gasteiger charge is -2.25. The number of rotatable bonds is 7. The molecule has 0 radical (unpaired) electrons. The van der Waals surface area contributed by atoms with E-state index in [-0.39, 0.29) is 12.3 Å². The van der Waals surface area contributed by atoms with Crippen LogP contribution in [0.4, 0.5) is 0 Å². The largest absolute Gasteiger partial charge is 0.354 e. The highest BCUT2D eigenvalue weighted by atomic mass is 16.7. The van der Waals surface area contributed by atoms with Crippen molar-refractivity contribution in [1.82, 2.24) is 5.32 Å². The maximum Gasteiger partial charge on any atom is 0.172 e. The van der Waals surface area contributed by atoms with Crippen molar-refractivity contribution in [2.75, 3.05) is 20.8 Å². The minimum atomic E-state index is -0.216. The van der Waals surface area contributed by atoms with E-state index in [1.807, 2.05) is 0 Å². The van der Waals surface area contributed by atoms with Gasteiger partial charge in [-0.05, 0) is 43.5 Å². The first-order valence-electron chi connectivity index (χ1n) is 6.47. The fraction of sp³-hybridized carbons (Fsp3) is 0.600. The van der Waals surface area contributed by atoms with Gasteiger partial charge in [-0.25, -0.2) is 0 Å². The van der Waals surface area contributed by atoms with Crippen molar-refractivity contribution in [3.05, 3.63) is 34.9 Å². The molecule has 0 fully saturated rings. The number of hydrogen-bond donors (Lipinski definition) is 1. The van der Waals surface area contributed by atoms with Gasteiger partial charge in [0.05, 0.1) is 6.04 Å². The third kappa shape index (κ3) is 4.09. The van der Waals surface area contributed by atoms with Crippen molar-refractivity contribution in [3.63, 3.8) is 0 Å². The SMILES string of the molecule is CCNC(Cc1ccc(C)c(C)c1)C(OC)OC. The maximum absolute atomic E-state index is 5.36. The molecule has 3 heteroatoms. The summed E-state index contributed by atoms with van der Waals surface area (Å²) in [6.45, 7) is 7.27. The van der Waals surface area contributed by atoms with Gasteiger partial charge in [-0.2, -0.15) is 0 Å². The van der Waals surface area contributed by atoms with Crippen LogP contribution in [-0.4, -0.2) is 33.1 Å². The van der Waals surface area contributed by atoms with Crippen LogP contribution in [0.15, 0.2) is 18.2 Å². The Kier molecular flexibility index (Phi) is 6.33. The first-order valence-corrected chi connectivity index (χ1v) is 6.47. The Balaban J connectivity index is 2.78. The Morgan fingerprint density at radius 1 is 1.11 bits per heavy atom. The number of methoxy groups -OCH3 is 2. The molecule has 1 aromatic rings. The van der Waals surface area contributed by atoms with Gasteiger partial charge < -0.3 is 14.8 Å². The molecule has 0 saturated carbocycles. The monoisotopic (exact) mass is 251 g/mol. The zero-order valence-corrected chi connectivity index (χ0v) is 12.1. The molecule has 1 N–H and O–H groups in total. The lowest BCUT2D eigenvalue weighted by Crippen LogP contribution is -2.43. The summed E-state index contributed by atoms with van der Waals surface area (Å²) in [5, 5.41) is 3.42. The molecule has 1 aromatic carbocycles. The summed E-state index contributed by atoms with van der Waals surface area (Å²) in [7, 11) is 3.36. The van der Waals surface area contributed by atoms with Gasteiger partial charge in [0.2, 0.25) is 0 Å². The van der Waals surface area contributed by atoms with Gasteiger partial charge in [-0.3, -0.25) is 0 Å². The molecular formula is C15H25NO2. The molecule has 0 saturated heterocycles. The van der Waals surface area contributed by atoms with Crippen LogP contribution >= 0.6 is 0 Å². The second kappa shape index (κ2) is 7.52. The molecule has 3 nitrogen and oxygen atoms in total. The minimum absolute atomic E-state index is 0.173. The predicted molar refractivity (Wildman–Crippen MR) is 74.9 cm³/mol. The molecule has 0 aliphatic carbocycles. The van der Waals surface area contributed by atoms with Crippen LogP contribution in [-0.2, 0) is 15.9 Å². The molecule has 0 heterocycles. The first-order chi connectivity index (χ1) is 8.62. The minimum Gasteiger partial charge on any atom is -0.354 e. The van der Waals surface area contributed by atoms with Crippen molar-refractivity contribution < 1.29 is 9.47 Å². The number of hydrogen-bond acceptors (Lipinski definition) is 3. The van der Waals surface area contributed by atoms with Crippen LogP contribution < -0.4 is 5.32 Å². The van der Waals surface area contributed by atoms with Crippen molar-refractivity contribution in [2.24, 2.45) is 0 Å². The summed E-state index contributed by atoms with van der Waals surface area (Å²) in [6, 6.07) is 6.76. The summed E-state index contributed by atoms with van der Waals surface area (Å²) in [4.78, 5) is 0. The van der Waals surface area contributed by atoms with E-state index in [9.17, 15) is 0 Å². The Labute approximate surface area is 110 Å². The molecule has 0 aliphatic rings. The summed E-state index contributed by atoms with van der Waals surface area (Å²) >= 11 is 0.